The van der Waals surface area contributed by atoms with Crippen LogP contribution < -0.4 is 10.4 Å². The van der Waals surface area contributed by atoms with E-state index in [9.17, 15) is 19.1 Å². The van der Waals surface area contributed by atoms with E-state index in [1.165, 1.54) is 24.3 Å². The number of hydrogen-bond donors (Lipinski definition) is 1. The van der Waals surface area contributed by atoms with Gasteiger partial charge in [-0.3, -0.25) is 4.79 Å². The molecule has 2 rings (SSSR count). The molecule has 1 aromatic rings. The lowest BCUT2D eigenvalue weighted by Crippen LogP contribution is -2.41. The van der Waals surface area contributed by atoms with Gasteiger partial charge in [-0.25, -0.2) is 4.39 Å². The molecule has 100 valence electrons. The third kappa shape index (κ3) is 3.19. The molecule has 4 nitrogen and oxygen atoms in total. The number of rotatable bonds is 3. The van der Waals surface area contributed by atoms with Gasteiger partial charge in [-0.05, 0) is 37.1 Å². The van der Waals surface area contributed by atoms with Crippen molar-refractivity contribution in [3.05, 3.63) is 42.2 Å². The minimum atomic E-state index is -1.22. The normalized spacial score (nSPS) is 21.9. The number of amides is 1. The van der Waals surface area contributed by atoms with Crippen molar-refractivity contribution in [1.29, 1.82) is 0 Å². The molecule has 1 amide bonds. The lowest BCUT2D eigenvalue weighted by molar-refractivity contribution is -0.313. The van der Waals surface area contributed by atoms with Crippen LogP contribution in [-0.4, -0.2) is 11.9 Å². The van der Waals surface area contributed by atoms with Gasteiger partial charge in [0.1, 0.15) is 5.82 Å². The molecule has 1 aromatic carbocycles. The van der Waals surface area contributed by atoms with Crippen molar-refractivity contribution in [2.75, 3.05) is 5.32 Å². The molecule has 1 aliphatic rings. The summed E-state index contributed by atoms with van der Waals surface area (Å²) in [4.78, 5) is 23.0. The van der Waals surface area contributed by atoms with Crippen LogP contribution in [0.5, 0.6) is 0 Å². The summed E-state index contributed by atoms with van der Waals surface area (Å²) in [6, 6.07) is 5.32. The van der Waals surface area contributed by atoms with Gasteiger partial charge < -0.3 is 15.2 Å². The molecule has 0 spiro atoms. The van der Waals surface area contributed by atoms with Crippen molar-refractivity contribution in [2.45, 2.75) is 12.8 Å². The van der Waals surface area contributed by atoms with Gasteiger partial charge in [0.05, 0.1) is 5.92 Å². The number of benzene rings is 1. The molecule has 19 heavy (non-hydrogen) atoms. The van der Waals surface area contributed by atoms with E-state index >= 15 is 0 Å². The average Bonchev–Trinajstić information content (AvgIpc) is 2.41. The molecular formula is C14H13FNO3-. The number of nitrogens with one attached hydrogen (secondary N) is 1. The van der Waals surface area contributed by atoms with Gasteiger partial charge in [-0.15, -0.1) is 0 Å². The van der Waals surface area contributed by atoms with Crippen LogP contribution in [0, 0.1) is 17.7 Å². The van der Waals surface area contributed by atoms with Gasteiger partial charge in [-0.1, -0.05) is 12.2 Å². The summed E-state index contributed by atoms with van der Waals surface area (Å²) in [5.41, 5.74) is 0.443. The van der Waals surface area contributed by atoms with Gasteiger partial charge >= 0.3 is 0 Å². The number of carbonyl (C=O) groups is 2. The molecule has 0 saturated carbocycles. The molecule has 0 saturated heterocycles. The van der Waals surface area contributed by atoms with E-state index in [0.717, 1.165) is 0 Å². The molecule has 0 aromatic heterocycles. The molecular weight excluding hydrogens is 249 g/mol. The Bertz CT molecular complexity index is 510. The SMILES string of the molecule is O=C([O-])[C@H]1CC=CC[C@@H]1C(=O)Nc1ccc(F)cc1. The number of aliphatic carboxylic acids is 1. The maximum atomic E-state index is 12.7. The van der Waals surface area contributed by atoms with Crippen LogP contribution in [0.15, 0.2) is 36.4 Å². The van der Waals surface area contributed by atoms with E-state index in [-0.39, 0.29) is 5.91 Å². The summed E-state index contributed by atoms with van der Waals surface area (Å²) in [5.74, 6) is -3.47. The maximum Gasteiger partial charge on any atom is 0.228 e. The number of carboxylic acid groups (broad SMARTS) is 1. The van der Waals surface area contributed by atoms with E-state index in [1.807, 2.05) is 0 Å². The Balaban J connectivity index is 2.08. The van der Waals surface area contributed by atoms with E-state index in [1.54, 1.807) is 12.2 Å². The quantitative estimate of drug-likeness (QED) is 0.829. The fraction of sp³-hybridized carbons (Fsp3) is 0.286. The van der Waals surface area contributed by atoms with Crippen LogP contribution in [0.1, 0.15) is 12.8 Å². The van der Waals surface area contributed by atoms with Gasteiger partial charge in [0.25, 0.3) is 0 Å². The van der Waals surface area contributed by atoms with E-state index < -0.39 is 23.6 Å². The first kappa shape index (κ1) is 13.3. The van der Waals surface area contributed by atoms with Crippen LogP contribution >= 0.6 is 0 Å². The van der Waals surface area contributed by atoms with E-state index in [4.69, 9.17) is 0 Å². The zero-order valence-corrected chi connectivity index (χ0v) is 10.1. The Kier molecular flexibility index (Phi) is 3.94. The smallest absolute Gasteiger partial charge is 0.228 e. The topological polar surface area (TPSA) is 69.2 Å². The Labute approximate surface area is 109 Å². The molecule has 0 fully saturated rings. The highest BCUT2D eigenvalue weighted by molar-refractivity contribution is 5.95. The van der Waals surface area contributed by atoms with E-state index in [2.05, 4.69) is 5.32 Å². The van der Waals surface area contributed by atoms with Crippen LogP contribution in [0.25, 0.3) is 0 Å². The standard InChI is InChI=1S/C14H14FNO3/c15-9-5-7-10(8-6-9)16-13(17)11-3-1-2-4-12(11)14(18)19/h1-2,5-8,11-12H,3-4H2,(H,16,17)(H,18,19)/p-1/t11-,12-/m0/s1. The summed E-state index contributed by atoms with van der Waals surface area (Å²) in [5, 5.41) is 13.6. The van der Waals surface area contributed by atoms with Crippen molar-refractivity contribution in [2.24, 2.45) is 11.8 Å². The number of carbonyl (C=O) groups excluding carboxylic acids is 2. The summed E-state index contributed by atoms with van der Waals surface area (Å²) in [6.07, 6.45) is 4.19. The average molecular weight is 262 g/mol. The van der Waals surface area contributed by atoms with Crippen molar-refractivity contribution < 1.29 is 19.1 Å². The summed E-state index contributed by atoms with van der Waals surface area (Å²) >= 11 is 0. The van der Waals surface area contributed by atoms with Gasteiger partial charge in [0, 0.05) is 17.6 Å². The van der Waals surface area contributed by atoms with Gasteiger partial charge in [-0.2, -0.15) is 0 Å². The fourth-order valence-corrected chi connectivity index (χ4v) is 2.13. The monoisotopic (exact) mass is 262 g/mol. The van der Waals surface area contributed by atoms with Crippen LogP contribution in [-0.2, 0) is 9.59 Å². The molecule has 0 aliphatic heterocycles. The Hall–Kier alpha value is -2.17. The number of allylic oxidation sites excluding steroid dienone is 2. The Morgan fingerprint density at radius 3 is 2.26 bits per heavy atom. The number of hydrogen-bond acceptors (Lipinski definition) is 3. The highest BCUT2D eigenvalue weighted by Crippen LogP contribution is 2.26. The Morgan fingerprint density at radius 1 is 1.11 bits per heavy atom. The minimum absolute atomic E-state index is 0.295. The van der Waals surface area contributed by atoms with Crippen molar-refractivity contribution in [3.63, 3.8) is 0 Å². The zero-order chi connectivity index (χ0) is 13.8. The lowest BCUT2D eigenvalue weighted by Gasteiger charge is -2.28. The molecule has 5 heteroatoms. The third-order valence-corrected chi connectivity index (χ3v) is 3.18. The fourth-order valence-electron chi connectivity index (χ4n) is 2.13. The molecule has 1 N–H and O–H groups in total. The second-order valence-corrected chi connectivity index (χ2v) is 4.47. The largest absolute Gasteiger partial charge is 0.550 e. The first-order valence-corrected chi connectivity index (χ1v) is 6.00. The van der Waals surface area contributed by atoms with Crippen LogP contribution in [0.4, 0.5) is 10.1 Å². The summed E-state index contributed by atoms with van der Waals surface area (Å²) in [6.45, 7) is 0. The van der Waals surface area contributed by atoms with Gasteiger partial charge in [0.2, 0.25) is 5.91 Å². The molecule has 0 bridgehead atoms. The van der Waals surface area contributed by atoms with Crippen LogP contribution in [0.2, 0.25) is 0 Å². The second kappa shape index (κ2) is 5.65. The molecule has 2 atom stereocenters. The Morgan fingerprint density at radius 2 is 1.68 bits per heavy atom. The summed E-state index contributed by atoms with van der Waals surface area (Å²) in [7, 11) is 0. The van der Waals surface area contributed by atoms with Crippen LogP contribution in [0.3, 0.4) is 0 Å². The number of anilines is 1. The highest BCUT2D eigenvalue weighted by Gasteiger charge is 2.29. The second-order valence-electron chi connectivity index (χ2n) is 4.47. The first-order valence-electron chi connectivity index (χ1n) is 6.00. The molecule has 0 heterocycles. The lowest BCUT2D eigenvalue weighted by atomic mass is 9.82. The minimum Gasteiger partial charge on any atom is -0.550 e. The van der Waals surface area contributed by atoms with Crippen molar-refractivity contribution in [1.82, 2.24) is 0 Å². The number of carboxylic acids is 1. The molecule has 0 unspecified atom stereocenters. The predicted octanol–water partition coefficient (Wildman–Crippen LogP) is 1.10. The maximum absolute atomic E-state index is 12.7. The highest BCUT2D eigenvalue weighted by atomic mass is 19.1. The predicted molar refractivity (Wildman–Crippen MR) is 65.4 cm³/mol. The third-order valence-electron chi connectivity index (χ3n) is 3.18. The van der Waals surface area contributed by atoms with Gasteiger partial charge in [0.15, 0.2) is 0 Å². The molecule has 0 radical (unpaired) electrons. The first-order chi connectivity index (χ1) is 9.08. The zero-order valence-electron chi connectivity index (χ0n) is 10.1. The van der Waals surface area contributed by atoms with E-state index in [0.29, 0.717) is 18.5 Å². The summed E-state index contributed by atoms with van der Waals surface area (Å²) < 4.78 is 12.7. The number of halogens is 1. The molecule has 1 aliphatic carbocycles. The van der Waals surface area contributed by atoms with Crippen molar-refractivity contribution >= 4 is 17.6 Å². The van der Waals surface area contributed by atoms with Crippen molar-refractivity contribution in [3.8, 4) is 0 Å².